The number of carbonyl (C=O) groups excluding carboxylic acids is 1. The second kappa shape index (κ2) is 11.2. The summed E-state index contributed by atoms with van der Waals surface area (Å²) in [6.07, 6.45) is 0.131. The van der Waals surface area contributed by atoms with Crippen molar-refractivity contribution in [2.45, 2.75) is 39.6 Å². The Morgan fingerprint density at radius 3 is 2.56 bits per heavy atom. The van der Waals surface area contributed by atoms with Crippen LogP contribution in [-0.4, -0.2) is 24.7 Å². The average Bonchev–Trinajstić information content (AvgIpc) is 3.13. The van der Waals surface area contributed by atoms with Gasteiger partial charge in [-0.1, -0.05) is 54.4 Å². The number of fused-ring (bicyclic) bond motifs is 1. The summed E-state index contributed by atoms with van der Waals surface area (Å²) < 4.78 is 7.90. The number of carbonyl (C=O) groups is 1. The molecule has 0 saturated heterocycles. The van der Waals surface area contributed by atoms with Crippen molar-refractivity contribution in [3.63, 3.8) is 0 Å². The molecular formula is C24H22Cl2N4O5S. The highest BCUT2D eigenvalue weighted by atomic mass is 35.5. The van der Waals surface area contributed by atoms with Crippen LogP contribution in [0.4, 0.5) is 4.79 Å². The summed E-state index contributed by atoms with van der Waals surface area (Å²) in [6, 6.07) is 12.0. The van der Waals surface area contributed by atoms with E-state index in [4.69, 9.17) is 27.9 Å². The zero-order valence-electron chi connectivity index (χ0n) is 19.2. The van der Waals surface area contributed by atoms with Gasteiger partial charge >= 0.3 is 16.7 Å². The predicted molar refractivity (Wildman–Crippen MR) is 139 cm³/mol. The number of aryl methyl sites for hydroxylation is 1. The van der Waals surface area contributed by atoms with Crippen molar-refractivity contribution in [1.29, 1.82) is 0 Å². The van der Waals surface area contributed by atoms with Gasteiger partial charge in [0.05, 0.1) is 22.3 Å². The average molecular weight is 549 g/mol. The Morgan fingerprint density at radius 1 is 1.11 bits per heavy atom. The molecule has 2 aromatic heterocycles. The molecule has 0 bridgehead atoms. The van der Waals surface area contributed by atoms with E-state index in [1.54, 1.807) is 36.4 Å². The van der Waals surface area contributed by atoms with Crippen LogP contribution >= 0.6 is 34.7 Å². The van der Waals surface area contributed by atoms with Gasteiger partial charge in [0.15, 0.2) is 5.75 Å². The molecule has 0 atom stereocenters. The van der Waals surface area contributed by atoms with Crippen LogP contribution in [0.1, 0.15) is 30.2 Å². The van der Waals surface area contributed by atoms with Crippen molar-refractivity contribution >= 4 is 51.7 Å². The topological polar surface area (TPSA) is 115 Å². The first kappa shape index (κ1) is 25.7. The van der Waals surface area contributed by atoms with Gasteiger partial charge < -0.3 is 15.2 Å². The molecule has 4 rings (SSSR count). The minimum atomic E-state index is -0.643. The highest BCUT2D eigenvalue weighted by Gasteiger charge is 2.13. The minimum absolute atomic E-state index is 0.0813. The summed E-state index contributed by atoms with van der Waals surface area (Å²) in [5.74, 6) is -0.193. The Bertz CT molecular complexity index is 1530. The van der Waals surface area contributed by atoms with Crippen LogP contribution in [0.2, 0.25) is 10.0 Å². The first-order chi connectivity index (χ1) is 17.3. The maximum absolute atomic E-state index is 12.3. The highest BCUT2D eigenvalue weighted by Crippen LogP contribution is 2.36. The number of rotatable bonds is 8. The summed E-state index contributed by atoms with van der Waals surface area (Å²) >= 11 is 13.0. The monoisotopic (exact) mass is 548 g/mol. The Labute approximate surface area is 219 Å². The maximum Gasteiger partial charge on any atom is 0.407 e. The quantitative estimate of drug-likeness (QED) is 0.334. The molecule has 0 aliphatic rings. The third kappa shape index (κ3) is 5.72. The van der Waals surface area contributed by atoms with E-state index >= 15 is 0 Å². The van der Waals surface area contributed by atoms with Crippen molar-refractivity contribution in [3.05, 3.63) is 89.5 Å². The summed E-state index contributed by atoms with van der Waals surface area (Å²) in [5.41, 5.74) is 1.95. The van der Waals surface area contributed by atoms with Crippen molar-refractivity contribution in [2.75, 3.05) is 0 Å². The molecule has 4 aromatic rings. The van der Waals surface area contributed by atoms with Crippen LogP contribution in [-0.2, 0) is 31.0 Å². The van der Waals surface area contributed by atoms with E-state index in [1.165, 1.54) is 14.6 Å². The fourth-order valence-corrected chi connectivity index (χ4v) is 4.90. The summed E-state index contributed by atoms with van der Waals surface area (Å²) in [7, 11) is 0. The molecule has 0 unspecified atom stereocenters. The van der Waals surface area contributed by atoms with E-state index in [1.807, 2.05) is 6.92 Å². The molecule has 12 heteroatoms. The van der Waals surface area contributed by atoms with Gasteiger partial charge in [0.25, 0.3) is 0 Å². The molecule has 0 spiro atoms. The molecule has 0 radical (unpaired) electrons. The van der Waals surface area contributed by atoms with E-state index in [-0.39, 0.29) is 46.5 Å². The third-order valence-corrected chi connectivity index (χ3v) is 6.88. The lowest BCUT2D eigenvalue weighted by molar-refractivity contribution is 0.138. The van der Waals surface area contributed by atoms with Gasteiger partial charge in [0, 0.05) is 30.0 Å². The molecule has 9 nitrogen and oxygen atoms in total. The number of aromatic nitrogens is 3. The maximum atomic E-state index is 12.3. The smallest absolute Gasteiger partial charge is 0.407 e. The molecule has 0 saturated carbocycles. The normalized spacial score (nSPS) is 11.1. The number of halogens is 2. The summed E-state index contributed by atoms with van der Waals surface area (Å²) in [4.78, 5) is 40.6. The number of pyridine rings is 1. The van der Waals surface area contributed by atoms with Crippen LogP contribution < -0.4 is 15.9 Å². The fraction of sp³-hybridized carbons (Fsp3) is 0.250. The van der Waals surface area contributed by atoms with Crippen molar-refractivity contribution < 1.29 is 14.6 Å². The number of hydrogen-bond donors (Lipinski definition) is 2. The van der Waals surface area contributed by atoms with Crippen LogP contribution in [0.3, 0.4) is 0 Å². The Hall–Kier alpha value is -3.34. The van der Waals surface area contributed by atoms with Gasteiger partial charge in [-0.2, -0.15) is 0 Å². The number of hydrogen-bond acceptors (Lipinski definition) is 7. The number of nitrogens with one attached hydrogen (secondary N) is 1. The molecule has 1 amide bonds. The second-order valence-corrected chi connectivity index (χ2v) is 9.75. The van der Waals surface area contributed by atoms with Gasteiger partial charge in [-0.25, -0.2) is 23.1 Å². The zero-order chi connectivity index (χ0) is 25.8. The zero-order valence-corrected chi connectivity index (χ0v) is 21.5. The summed E-state index contributed by atoms with van der Waals surface area (Å²) in [5, 5.41) is 13.8. The van der Waals surface area contributed by atoms with Gasteiger partial charge in [-0.05, 0) is 35.7 Å². The predicted octanol–water partition coefficient (Wildman–Crippen LogP) is 4.52. The molecule has 0 aliphatic carbocycles. The van der Waals surface area contributed by atoms with Gasteiger partial charge in [0.2, 0.25) is 0 Å². The van der Waals surface area contributed by atoms with Crippen LogP contribution in [0, 0.1) is 0 Å². The number of amides is 1. The lowest BCUT2D eigenvalue weighted by Gasteiger charge is -2.09. The van der Waals surface area contributed by atoms with Crippen molar-refractivity contribution in [2.24, 2.45) is 0 Å². The van der Waals surface area contributed by atoms with Gasteiger partial charge in [-0.3, -0.25) is 4.79 Å². The van der Waals surface area contributed by atoms with E-state index in [9.17, 15) is 19.5 Å². The number of benzene rings is 2. The summed E-state index contributed by atoms with van der Waals surface area (Å²) in [6.45, 7) is 2.76. The van der Waals surface area contributed by atoms with Gasteiger partial charge in [0.1, 0.15) is 12.1 Å². The second-order valence-electron chi connectivity index (χ2n) is 7.96. The first-order valence-corrected chi connectivity index (χ1v) is 12.6. The number of aromatic hydroxyl groups is 1. The molecule has 2 heterocycles. The number of phenolic OH excluding ortho intramolecular Hbond substituents is 1. The lowest BCUT2D eigenvalue weighted by Crippen LogP contribution is -2.29. The molecule has 0 fully saturated rings. The Kier molecular flexibility index (Phi) is 7.97. The van der Waals surface area contributed by atoms with E-state index < -0.39 is 6.09 Å². The number of alkyl carbamates (subject to hydrolysis) is 1. The number of nitrogens with zero attached hydrogens (tertiary/aromatic N) is 3. The van der Waals surface area contributed by atoms with E-state index in [2.05, 4.69) is 10.3 Å². The molecular weight excluding hydrogens is 527 g/mol. The molecule has 2 aromatic carbocycles. The standard InChI is InChI=1S/C24H22Cl2N4O5S/c1-2-9-30-23(33)29(24(34)36-30)12-15-5-3-14(4-6-15)11-27-22(32)35-13-16-7-8-17-18(25)10-19(26)21(31)20(17)28-16/h3-8,10,31H,2,9,11-13H2,1H3,(H,27,32). The van der Waals surface area contributed by atoms with E-state index in [0.717, 1.165) is 29.1 Å². The molecule has 0 aliphatic heterocycles. The van der Waals surface area contributed by atoms with Gasteiger partial charge in [-0.15, -0.1) is 0 Å². The van der Waals surface area contributed by atoms with E-state index in [0.29, 0.717) is 22.6 Å². The molecule has 2 N–H and O–H groups in total. The third-order valence-electron chi connectivity index (χ3n) is 5.35. The van der Waals surface area contributed by atoms with Crippen molar-refractivity contribution in [3.8, 4) is 5.75 Å². The lowest BCUT2D eigenvalue weighted by atomic mass is 10.1. The van der Waals surface area contributed by atoms with Crippen molar-refractivity contribution in [1.82, 2.24) is 18.8 Å². The highest BCUT2D eigenvalue weighted by molar-refractivity contribution is 7.03. The largest absolute Gasteiger partial charge is 0.504 e. The van der Waals surface area contributed by atoms with Crippen LogP contribution in [0.25, 0.3) is 10.9 Å². The first-order valence-electron chi connectivity index (χ1n) is 11.0. The number of phenols is 1. The molecule has 36 heavy (non-hydrogen) atoms. The molecule has 188 valence electrons. The number of ether oxygens (including phenoxy) is 1. The Balaban J connectivity index is 1.32. The Morgan fingerprint density at radius 2 is 1.83 bits per heavy atom. The SMILES string of the molecule is CCCn1sc(=O)n(Cc2ccc(CNC(=O)OCc3ccc4c(Cl)cc(Cl)c(O)c4n3)cc2)c1=O. The fourth-order valence-electron chi connectivity index (χ4n) is 3.51. The minimum Gasteiger partial charge on any atom is -0.504 e. The van der Waals surface area contributed by atoms with Crippen LogP contribution in [0.15, 0.2) is 52.1 Å². The van der Waals surface area contributed by atoms with Crippen LogP contribution in [0.5, 0.6) is 5.75 Å².